The van der Waals surface area contributed by atoms with Crippen molar-refractivity contribution in [2.45, 2.75) is 5.75 Å². The topological polar surface area (TPSA) is 47.6 Å². The van der Waals surface area contributed by atoms with Gasteiger partial charge in [0, 0.05) is 28.6 Å². The Bertz CT molecular complexity index is 723. The second-order valence-electron chi connectivity index (χ2n) is 5.13. The number of nitrogens with one attached hydrogen (secondary N) is 1. The lowest BCUT2D eigenvalue weighted by atomic mass is 10.2. The standard InChI is InChI=1S/C18H19Cl2NO3S/c1-23-16-10-13(9-15(20)17(16)24-2)18(22)21-7-8-25-11-12-3-5-14(19)6-4-12/h3-6,9-10H,7-8,11H2,1-2H3,(H,21,22). The van der Waals surface area contributed by atoms with Gasteiger partial charge in [-0.25, -0.2) is 0 Å². The number of amides is 1. The number of methoxy groups -OCH3 is 2. The maximum absolute atomic E-state index is 12.2. The van der Waals surface area contributed by atoms with Crippen LogP contribution in [0.1, 0.15) is 15.9 Å². The van der Waals surface area contributed by atoms with Gasteiger partial charge in [-0.2, -0.15) is 11.8 Å². The molecule has 0 bridgehead atoms. The lowest BCUT2D eigenvalue weighted by Gasteiger charge is -2.12. The Morgan fingerprint density at radius 2 is 1.84 bits per heavy atom. The van der Waals surface area contributed by atoms with Crippen molar-refractivity contribution in [3.63, 3.8) is 0 Å². The molecule has 0 aromatic heterocycles. The van der Waals surface area contributed by atoms with Crippen LogP contribution >= 0.6 is 35.0 Å². The molecule has 0 aliphatic rings. The summed E-state index contributed by atoms with van der Waals surface area (Å²) < 4.78 is 10.4. The molecule has 2 rings (SSSR count). The molecule has 134 valence electrons. The normalized spacial score (nSPS) is 10.4. The first-order chi connectivity index (χ1) is 12.0. The van der Waals surface area contributed by atoms with E-state index in [9.17, 15) is 4.79 Å². The summed E-state index contributed by atoms with van der Waals surface area (Å²) in [6.07, 6.45) is 0. The van der Waals surface area contributed by atoms with Crippen molar-refractivity contribution in [2.75, 3.05) is 26.5 Å². The predicted molar refractivity (Wildman–Crippen MR) is 105 cm³/mol. The van der Waals surface area contributed by atoms with Gasteiger partial charge in [0.15, 0.2) is 11.5 Å². The molecule has 2 aromatic carbocycles. The Kier molecular flexibility index (Phi) is 7.75. The number of halogens is 2. The van der Waals surface area contributed by atoms with E-state index >= 15 is 0 Å². The van der Waals surface area contributed by atoms with E-state index in [0.717, 1.165) is 16.5 Å². The number of thioether (sulfide) groups is 1. The summed E-state index contributed by atoms with van der Waals surface area (Å²) >= 11 is 13.7. The molecule has 4 nitrogen and oxygen atoms in total. The lowest BCUT2D eigenvalue weighted by molar-refractivity contribution is 0.0956. The van der Waals surface area contributed by atoms with E-state index in [-0.39, 0.29) is 5.91 Å². The molecule has 1 N–H and O–H groups in total. The first-order valence-corrected chi connectivity index (χ1v) is 9.48. The third-order valence-corrected chi connectivity index (χ3v) is 4.97. The third-order valence-electron chi connectivity index (χ3n) is 3.41. The fraction of sp³-hybridized carbons (Fsp3) is 0.278. The second kappa shape index (κ2) is 9.80. The molecule has 0 spiro atoms. The number of rotatable bonds is 8. The average Bonchev–Trinajstić information content (AvgIpc) is 2.62. The molecular formula is C18H19Cl2NO3S. The average molecular weight is 400 g/mol. The highest BCUT2D eigenvalue weighted by Crippen LogP contribution is 2.35. The van der Waals surface area contributed by atoms with Crippen molar-refractivity contribution < 1.29 is 14.3 Å². The van der Waals surface area contributed by atoms with Gasteiger partial charge in [-0.15, -0.1) is 0 Å². The third kappa shape index (κ3) is 5.73. The van der Waals surface area contributed by atoms with Gasteiger partial charge in [0.1, 0.15) is 0 Å². The number of benzene rings is 2. The SMILES string of the molecule is COc1cc(C(=O)NCCSCc2ccc(Cl)cc2)cc(Cl)c1OC. The van der Waals surface area contributed by atoms with Crippen LogP contribution in [-0.4, -0.2) is 32.4 Å². The number of carbonyl (C=O) groups is 1. The molecule has 0 heterocycles. The van der Waals surface area contributed by atoms with E-state index in [1.54, 1.807) is 23.9 Å². The van der Waals surface area contributed by atoms with E-state index in [1.165, 1.54) is 19.8 Å². The molecule has 0 saturated carbocycles. The van der Waals surface area contributed by atoms with Gasteiger partial charge in [-0.05, 0) is 29.8 Å². The molecule has 0 atom stereocenters. The highest BCUT2D eigenvalue weighted by atomic mass is 35.5. The van der Waals surface area contributed by atoms with E-state index in [4.69, 9.17) is 32.7 Å². The van der Waals surface area contributed by atoms with Crippen LogP contribution in [-0.2, 0) is 5.75 Å². The van der Waals surface area contributed by atoms with Gasteiger partial charge in [0.25, 0.3) is 5.91 Å². The van der Waals surface area contributed by atoms with Crippen molar-refractivity contribution in [3.05, 3.63) is 57.6 Å². The molecule has 0 aliphatic carbocycles. The van der Waals surface area contributed by atoms with Crippen LogP contribution < -0.4 is 14.8 Å². The summed E-state index contributed by atoms with van der Waals surface area (Å²) in [5.41, 5.74) is 1.64. The minimum absolute atomic E-state index is 0.199. The second-order valence-corrected chi connectivity index (χ2v) is 7.08. The summed E-state index contributed by atoms with van der Waals surface area (Å²) in [7, 11) is 3.00. The molecule has 25 heavy (non-hydrogen) atoms. The Hall–Kier alpha value is -1.56. The van der Waals surface area contributed by atoms with Gasteiger partial charge >= 0.3 is 0 Å². The summed E-state index contributed by atoms with van der Waals surface area (Å²) in [4.78, 5) is 12.2. The summed E-state index contributed by atoms with van der Waals surface area (Å²) in [5, 5.41) is 3.94. The maximum atomic E-state index is 12.2. The highest BCUT2D eigenvalue weighted by molar-refractivity contribution is 7.98. The molecular weight excluding hydrogens is 381 g/mol. The molecule has 0 unspecified atom stereocenters. The van der Waals surface area contributed by atoms with Gasteiger partial charge in [0.05, 0.1) is 19.2 Å². The maximum Gasteiger partial charge on any atom is 0.251 e. The fourth-order valence-electron chi connectivity index (χ4n) is 2.16. The first kappa shape index (κ1) is 19.8. The van der Waals surface area contributed by atoms with Crippen molar-refractivity contribution in [3.8, 4) is 11.5 Å². The van der Waals surface area contributed by atoms with Crippen molar-refractivity contribution >= 4 is 40.9 Å². The number of ether oxygens (including phenoxy) is 2. The largest absolute Gasteiger partial charge is 0.493 e. The van der Waals surface area contributed by atoms with Crippen LogP contribution in [0.4, 0.5) is 0 Å². The van der Waals surface area contributed by atoms with Gasteiger partial charge in [-0.3, -0.25) is 4.79 Å². The van der Waals surface area contributed by atoms with Crippen LogP contribution in [0.25, 0.3) is 0 Å². The van der Waals surface area contributed by atoms with Crippen molar-refractivity contribution in [2.24, 2.45) is 0 Å². The molecule has 2 aromatic rings. The van der Waals surface area contributed by atoms with Crippen molar-refractivity contribution in [1.29, 1.82) is 0 Å². The zero-order chi connectivity index (χ0) is 18.2. The zero-order valence-electron chi connectivity index (χ0n) is 14.0. The van der Waals surface area contributed by atoms with Crippen molar-refractivity contribution in [1.82, 2.24) is 5.32 Å². The molecule has 1 amide bonds. The van der Waals surface area contributed by atoms with Gasteiger partial charge in [-0.1, -0.05) is 35.3 Å². The number of hydrogen-bond acceptors (Lipinski definition) is 4. The fourth-order valence-corrected chi connectivity index (χ4v) is 3.39. The highest BCUT2D eigenvalue weighted by Gasteiger charge is 2.14. The lowest BCUT2D eigenvalue weighted by Crippen LogP contribution is -2.25. The van der Waals surface area contributed by atoms with Crippen LogP contribution in [0, 0.1) is 0 Å². The smallest absolute Gasteiger partial charge is 0.251 e. The quantitative estimate of drug-likeness (QED) is 0.654. The van der Waals surface area contributed by atoms with Gasteiger partial charge in [0.2, 0.25) is 0 Å². The van der Waals surface area contributed by atoms with E-state index < -0.39 is 0 Å². The van der Waals surface area contributed by atoms with Crippen LogP contribution in [0.2, 0.25) is 10.0 Å². The molecule has 7 heteroatoms. The Morgan fingerprint density at radius 3 is 2.48 bits per heavy atom. The number of carbonyl (C=O) groups excluding carboxylic acids is 1. The van der Waals surface area contributed by atoms with Crippen LogP contribution in [0.3, 0.4) is 0 Å². The summed E-state index contributed by atoms with van der Waals surface area (Å²) in [5.74, 6) is 2.32. The van der Waals surface area contributed by atoms with Gasteiger partial charge < -0.3 is 14.8 Å². The summed E-state index contributed by atoms with van der Waals surface area (Å²) in [6, 6.07) is 10.9. The Morgan fingerprint density at radius 1 is 1.12 bits per heavy atom. The van der Waals surface area contributed by atoms with E-state index in [2.05, 4.69) is 5.32 Å². The molecule has 0 fully saturated rings. The minimum atomic E-state index is -0.199. The minimum Gasteiger partial charge on any atom is -0.493 e. The van der Waals surface area contributed by atoms with Crippen LogP contribution in [0.15, 0.2) is 36.4 Å². The predicted octanol–water partition coefficient (Wildman–Crippen LogP) is 4.67. The number of hydrogen-bond donors (Lipinski definition) is 1. The monoisotopic (exact) mass is 399 g/mol. The Balaban J connectivity index is 1.82. The molecule has 0 aliphatic heterocycles. The first-order valence-electron chi connectivity index (χ1n) is 7.57. The zero-order valence-corrected chi connectivity index (χ0v) is 16.3. The van der Waals surface area contributed by atoms with E-state index in [1.807, 2.05) is 24.3 Å². The Labute approximate surface area is 161 Å². The molecule has 0 radical (unpaired) electrons. The summed E-state index contributed by atoms with van der Waals surface area (Å²) in [6.45, 7) is 0.559. The van der Waals surface area contributed by atoms with E-state index in [0.29, 0.717) is 28.6 Å². The molecule has 0 saturated heterocycles. The van der Waals surface area contributed by atoms with Crippen LogP contribution in [0.5, 0.6) is 11.5 Å².